The maximum Gasteiger partial charge on any atom is 0.226 e. The summed E-state index contributed by atoms with van der Waals surface area (Å²) in [4.78, 5) is 12.9. The average molecular weight is 245 g/mol. The molecule has 2 nitrogen and oxygen atoms in total. The first-order chi connectivity index (χ1) is 8.18. The number of thiophene rings is 1. The Morgan fingerprint density at radius 2 is 1.94 bits per heavy atom. The Bertz CT molecular complexity index is 503. The van der Waals surface area contributed by atoms with Crippen molar-refractivity contribution in [2.75, 3.05) is 5.32 Å². The van der Waals surface area contributed by atoms with Crippen LogP contribution in [0.3, 0.4) is 0 Å². The molecule has 1 aromatic carbocycles. The van der Waals surface area contributed by atoms with Gasteiger partial charge >= 0.3 is 0 Å². The van der Waals surface area contributed by atoms with Gasteiger partial charge in [0, 0.05) is 22.0 Å². The second kappa shape index (κ2) is 5.15. The lowest BCUT2D eigenvalue weighted by atomic mass is 10.1. The van der Waals surface area contributed by atoms with E-state index in [-0.39, 0.29) is 11.8 Å². The number of hydrogen-bond acceptors (Lipinski definition) is 2. The van der Waals surface area contributed by atoms with Gasteiger partial charge in [-0.1, -0.05) is 38.1 Å². The van der Waals surface area contributed by atoms with Crippen molar-refractivity contribution in [3.05, 3.63) is 41.8 Å². The van der Waals surface area contributed by atoms with Crippen LogP contribution >= 0.6 is 11.3 Å². The van der Waals surface area contributed by atoms with Crippen molar-refractivity contribution in [3.8, 4) is 10.4 Å². The van der Waals surface area contributed by atoms with Crippen molar-refractivity contribution in [2.24, 2.45) is 5.92 Å². The Morgan fingerprint density at radius 1 is 1.18 bits per heavy atom. The Hall–Kier alpha value is -1.61. The highest BCUT2D eigenvalue weighted by molar-refractivity contribution is 7.13. The monoisotopic (exact) mass is 245 g/mol. The van der Waals surface area contributed by atoms with Crippen molar-refractivity contribution in [3.63, 3.8) is 0 Å². The van der Waals surface area contributed by atoms with Crippen LogP contribution in [-0.2, 0) is 4.79 Å². The van der Waals surface area contributed by atoms with Crippen LogP contribution in [0.4, 0.5) is 5.69 Å². The predicted octanol–water partition coefficient (Wildman–Crippen LogP) is 4.01. The zero-order chi connectivity index (χ0) is 12.3. The molecule has 0 radical (unpaired) electrons. The second-order valence-electron chi connectivity index (χ2n) is 4.17. The highest BCUT2D eigenvalue weighted by Crippen LogP contribution is 2.31. The molecule has 1 aromatic heterocycles. The smallest absolute Gasteiger partial charge is 0.226 e. The van der Waals surface area contributed by atoms with E-state index < -0.39 is 0 Å². The van der Waals surface area contributed by atoms with Crippen molar-refractivity contribution < 1.29 is 4.79 Å². The molecule has 17 heavy (non-hydrogen) atoms. The van der Waals surface area contributed by atoms with Crippen LogP contribution in [-0.4, -0.2) is 5.91 Å². The summed E-state index contributed by atoms with van der Waals surface area (Å²) in [5.74, 6) is 0.0420. The van der Waals surface area contributed by atoms with Gasteiger partial charge in [-0.25, -0.2) is 0 Å². The third-order valence-electron chi connectivity index (χ3n) is 2.50. The molecule has 0 aliphatic heterocycles. The van der Waals surface area contributed by atoms with Gasteiger partial charge in [0.2, 0.25) is 5.91 Å². The number of benzene rings is 1. The minimum absolute atomic E-state index is 0.00797. The lowest BCUT2D eigenvalue weighted by Crippen LogP contribution is -2.18. The molecule has 0 unspecified atom stereocenters. The standard InChI is InChI=1S/C14H15NOS/c1-10(2)14(16)15-12-7-4-3-6-11(12)13-8-5-9-17-13/h3-10H,1-2H3,(H,15,16). The number of hydrogen-bond donors (Lipinski definition) is 1. The van der Waals surface area contributed by atoms with Gasteiger partial charge in [0.1, 0.15) is 0 Å². The van der Waals surface area contributed by atoms with E-state index in [1.807, 2.05) is 49.6 Å². The van der Waals surface area contributed by atoms with Crippen LogP contribution < -0.4 is 5.32 Å². The van der Waals surface area contributed by atoms with Gasteiger partial charge in [-0.05, 0) is 17.5 Å². The second-order valence-corrected chi connectivity index (χ2v) is 5.11. The van der Waals surface area contributed by atoms with Crippen LogP contribution in [0.1, 0.15) is 13.8 Å². The fraction of sp³-hybridized carbons (Fsp3) is 0.214. The Morgan fingerprint density at radius 3 is 2.59 bits per heavy atom. The van der Waals surface area contributed by atoms with E-state index in [1.54, 1.807) is 11.3 Å². The van der Waals surface area contributed by atoms with E-state index >= 15 is 0 Å². The molecule has 0 saturated carbocycles. The number of carbonyl (C=O) groups is 1. The first-order valence-electron chi connectivity index (χ1n) is 5.62. The normalized spacial score (nSPS) is 10.5. The molecular formula is C14H15NOS. The van der Waals surface area contributed by atoms with Crippen LogP contribution in [0.2, 0.25) is 0 Å². The summed E-state index contributed by atoms with van der Waals surface area (Å²) < 4.78 is 0. The van der Waals surface area contributed by atoms with Crippen molar-refractivity contribution >= 4 is 22.9 Å². The van der Waals surface area contributed by atoms with E-state index in [9.17, 15) is 4.79 Å². The van der Waals surface area contributed by atoms with Crippen molar-refractivity contribution in [1.82, 2.24) is 0 Å². The first-order valence-corrected chi connectivity index (χ1v) is 6.50. The van der Waals surface area contributed by atoms with Gasteiger partial charge in [-0.15, -0.1) is 11.3 Å². The van der Waals surface area contributed by atoms with Crippen LogP contribution in [0, 0.1) is 5.92 Å². The molecule has 0 bridgehead atoms. The largest absolute Gasteiger partial charge is 0.325 e. The van der Waals surface area contributed by atoms with Gasteiger partial charge in [-0.2, -0.15) is 0 Å². The van der Waals surface area contributed by atoms with E-state index in [0.29, 0.717) is 0 Å². The summed E-state index contributed by atoms with van der Waals surface area (Å²) in [7, 11) is 0. The van der Waals surface area contributed by atoms with E-state index in [4.69, 9.17) is 0 Å². The van der Waals surface area contributed by atoms with Crippen LogP contribution in [0.15, 0.2) is 41.8 Å². The maximum atomic E-state index is 11.7. The van der Waals surface area contributed by atoms with Gasteiger partial charge < -0.3 is 5.32 Å². The van der Waals surface area contributed by atoms with E-state index in [2.05, 4.69) is 11.4 Å². The Balaban J connectivity index is 2.32. The lowest BCUT2D eigenvalue weighted by Gasteiger charge is -2.11. The minimum atomic E-state index is -0.00797. The average Bonchev–Trinajstić information content (AvgIpc) is 2.83. The molecule has 0 aliphatic carbocycles. The Labute approximate surface area is 105 Å². The van der Waals surface area contributed by atoms with Gasteiger partial charge in [0.15, 0.2) is 0 Å². The van der Waals surface area contributed by atoms with Gasteiger partial charge in [0.05, 0.1) is 0 Å². The number of carbonyl (C=O) groups excluding carboxylic acids is 1. The summed E-state index contributed by atoms with van der Waals surface area (Å²) in [5, 5.41) is 5.00. The molecule has 3 heteroatoms. The number of rotatable bonds is 3. The SMILES string of the molecule is CC(C)C(=O)Nc1ccccc1-c1cccs1. The van der Waals surface area contributed by atoms with Gasteiger partial charge in [-0.3, -0.25) is 4.79 Å². The first kappa shape index (κ1) is 11.9. The molecule has 0 fully saturated rings. The Kier molecular flexibility index (Phi) is 3.59. The minimum Gasteiger partial charge on any atom is -0.325 e. The summed E-state index contributed by atoms with van der Waals surface area (Å²) in [6, 6.07) is 12.0. The van der Waals surface area contributed by atoms with Gasteiger partial charge in [0.25, 0.3) is 0 Å². The summed E-state index contributed by atoms with van der Waals surface area (Å²) in [6.07, 6.45) is 0. The number of amides is 1. The highest BCUT2D eigenvalue weighted by atomic mass is 32.1. The van der Waals surface area contributed by atoms with E-state index in [0.717, 1.165) is 11.3 Å². The molecule has 1 amide bonds. The van der Waals surface area contributed by atoms with Crippen LogP contribution in [0.5, 0.6) is 0 Å². The molecule has 0 spiro atoms. The molecule has 0 atom stereocenters. The number of anilines is 1. The van der Waals surface area contributed by atoms with Crippen LogP contribution in [0.25, 0.3) is 10.4 Å². The molecule has 0 aliphatic rings. The molecule has 2 rings (SSSR count). The molecular weight excluding hydrogens is 230 g/mol. The number of para-hydroxylation sites is 1. The third kappa shape index (κ3) is 2.74. The quantitative estimate of drug-likeness (QED) is 0.869. The number of nitrogens with one attached hydrogen (secondary N) is 1. The fourth-order valence-electron chi connectivity index (χ4n) is 1.52. The summed E-state index contributed by atoms with van der Waals surface area (Å²) in [6.45, 7) is 3.78. The molecule has 0 saturated heterocycles. The summed E-state index contributed by atoms with van der Waals surface area (Å²) >= 11 is 1.67. The lowest BCUT2D eigenvalue weighted by molar-refractivity contribution is -0.118. The zero-order valence-corrected chi connectivity index (χ0v) is 10.8. The maximum absolute atomic E-state index is 11.7. The van der Waals surface area contributed by atoms with Crippen molar-refractivity contribution in [1.29, 1.82) is 0 Å². The summed E-state index contributed by atoms with van der Waals surface area (Å²) in [5.41, 5.74) is 1.96. The molecule has 88 valence electrons. The topological polar surface area (TPSA) is 29.1 Å². The van der Waals surface area contributed by atoms with Crippen molar-refractivity contribution in [2.45, 2.75) is 13.8 Å². The zero-order valence-electron chi connectivity index (χ0n) is 9.94. The molecule has 1 heterocycles. The third-order valence-corrected chi connectivity index (χ3v) is 3.40. The molecule has 2 aromatic rings. The predicted molar refractivity (Wildman–Crippen MR) is 73.2 cm³/mol. The van der Waals surface area contributed by atoms with E-state index in [1.165, 1.54) is 4.88 Å². The highest BCUT2D eigenvalue weighted by Gasteiger charge is 2.11. The molecule has 1 N–H and O–H groups in total. The fourth-order valence-corrected chi connectivity index (χ4v) is 2.28.